The molecule has 3 nitrogen and oxygen atoms in total. The molecule has 1 rings (SSSR count). The largest absolute Gasteiger partial charge is 0.486 e. The molecule has 0 aromatic rings. The van der Waals surface area contributed by atoms with Crippen LogP contribution in [0.3, 0.4) is 0 Å². The Morgan fingerprint density at radius 3 is 1.87 bits per heavy atom. The summed E-state index contributed by atoms with van der Waals surface area (Å²) >= 11 is 4.08. The van der Waals surface area contributed by atoms with Crippen LogP contribution in [0.4, 0.5) is 0 Å². The highest BCUT2D eigenvalue weighted by atomic mass is 32.1. The molecule has 5 heteroatoms. The van der Waals surface area contributed by atoms with E-state index in [0.717, 1.165) is 0 Å². The number of thiol groups is 1. The quantitative estimate of drug-likeness (QED) is 0.561. The lowest BCUT2D eigenvalue weighted by molar-refractivity contribution is 0.00578. The Kier molecular flexibility index (Phi) is 5.95. The molecule has 1 aliphatic rings. The molecule has 0 saturated carbocycles. The topological polar surface area (TPSA) is 44.5 Å². The third-order valence-electron chi connectivity index (χ3n) is 2.67. The SMILES string of the molecule is CC1(C)OB(/C=C/CS)OC1(C)C.CN. The van der Waals surface area contributed by atoms with Crippen molar-refractivity contribution in [1.29, 1.82) is 0 Å². The van der Waals surface area contributed by atoms with E-state index >= 15 is 0 Å². The van der Waals surface area contributed by atoms with Crippen LogP contribution < -0.4 is 5.73 Å². The average Bonchev–Trinajstić information content (AvgIpc) is 2.36. The fraction of sp³-hybridized carbons (Fsp3) is 0.800. The summed E-state index contributed by atoms with van der Waals surface area (Å²) in [5.41, 5.74) is 4.03. The first-order valence-corrected chi connectivity index (χ1v) is 5.73. The van der Waals surface area contributed by atoms with Gasteiger partial charge in [0.2, 0.25) is 0 Å². The summed E-state index contributed by atoms with van der Waals surface area (Å²) < 4.78 is 11.4. The Morgan fingerprint density at radius 2 is 1.53 bits per heavy atom. The molecule has 0 bridgehead atoms. The van der Waals surface area contributed by atoms with Crippen molar-refractivity contribution in [2.75, 3.05) is 12.8 Å². The second kappa shape index (κ2) is 5.94. The lowest BCUT2D eigenvalue weighted by Gasteiger charge is -2.32. The molecule has 0 unspecified atom stereocenters. The summed E-state index contributed by atoms with van der Waals surface area (Å²) in [6, 6.07) is 0. The zero-order valence-corrected chi connectivity index (χ0v) is 11.2. The van der Waals surface area contributed by atoms with Crippen molar-refractivity contribution in [1.82, 2.24) is 0 Å². The van der Waals surface area contributed by atoms with E-state index in [1.54, 1.807) is 0 Å². The van der Waals surface area contributed by atoms with Crippen LogP contribution in [0.1, 0.15) is 27.7 Å². The van der Waals surface area contributed by atoms with Crippen LogP contribution in [0, 0.1) is 0 Å². The van der Waals surface area contributed by atoms with Crippen molar-refractivity contribution in [2.24, 2.45) is 5.73 Å². The smallest absolute Gasteiger partial charge is 0.400 e. The van der Waals surface area contributed by atoms with Gasteiger partial charge in [0.05, 0.1) is 11.2 Å². The lowest BCUT2D eigenvalue weighted by Crippen LogP contribution is -2.41. The molecule has 1 heterocycles. The first-order valence-electron chi connectivity index (χ1n) is 5.10. The molecule has 1 saturated heterocycles. The molecule has 15 heavy (non-hydrogen) atoms. The lowest BCUT2D eigenvalue weighted by atomic mass is 9.90. The molecule has 1 fully saturated rings. The van der Waals surface area contributed by atoms with Gasteiger partial charge < -0.3 is 15.0 Å². The van der Waals surface area contributed by atoms with Gasteiger partial charge in [-0.05, 0) is 34.7 Å². The van der Waals surface area contributed by atoms with E-state index in [2.05, 4.69) is 18.4 Å². The summed E-state index contributed by atoms with van der Waals surface area (Å²) in [6.45, 7) is 8.17. The number of hydrogen-bond acceptors (Lipinski definition) is 4. The Balaban J connectivity index is 0.000000921. The highest BCUT2D eigenvalue weighted by Gasteiger charge is 2.49. The van der Waals surface area contributed by atoms with Gasteiger partial charge in [0.1, 0.15) is 0 Å². The number of rotatable bonds is 2. The van der Waals surface area contributed by atoms with Gasteiger partial charge in [-0.15, -0.1) is 0 Å². The highest BCUT2D eigenvalue weighted by molar-refractivity contribution is 7.80. The zero-order chi connectivity index (χ0) is 12.1. The minimum Gasteiger partial charge on any atom is -0.400 e. The molecular weight excluding hydrogens is 209 g/mol. The van der Waals surface area contributed by atoms with E-state index in [0.29, 0.717) is 5.75 Å². The third kappa shape index (κ3) is 3.83. The van der Waals surface area contributed by atoms with Gasteiger partial charge in [-0.2, -0.15) is 12.6 Å². The average molecular weight is 231 g/mol. The van der Waals surface area contributed by atoms with Crippen LogP contribution in [0.5, 0.6) is 0 Å². The summed E-state index contributed by atoms with van der Waals surface area (Å²) in [5.74, 6) is 2.62. The predicted octanol–water partition coefficient (Wildman–Crippen LogP) is 1.68. The van der Waals surface area contributed by atoms with E-state index in [4.69, 9.17) is 9.31 Å². The van der Waals surface area contributed by atoms with Crippen LogP contribution in [-0.4, -0.2) is 31.1 Å². The monoisotopic (exact) mass is 231 g/mol. The van der Waals surface area contributed by atoms with E-state index in [1.165, 1.54) is 7.05 Å². The number of nitrogens with two attached hydrogens (primary N) is 1. The maximum absolute atomic E-state index is 5.72. The van der Waals surface area contributed by atoms with E-state index < -0.39 is 0 Å². The molecule has 0 radical (unpaired) electrons. The summed E-state index contributed by atoms with van der Waals surface area (Å²) in [7, 11) is 1.28. The van der Waals surface area contributed by atoms with Crippen LogP contribution in [0.15, 0.2) is 12.1 Å². The van der Waals surface area contributed by atoms with Crippen molar-refractivity contribution >= 4 is 19.7 Å². The first kappa shape index (κ1) is 15.0. The molecule has 0 amide bonds. The van der Waals surface area contributed by atoms with Crippen molar-refractivity contribution in [3.63, 3.8) is 0 Å². The molecule has 0 spiro atoms. The Hall–Kier alpha value is 0.0349. The Morgan fingerprint density at radius 1 is 1.13 bits per heavy atom. The zero-order valence-electron chi connectivity index (χ0n) is 10.3. The summed E-state index contributed by atoms with van der Waals surface area (Å²) in [5, 5.41) is 0. The summed E-state index contributed by atoms with van der Waals surface area (Å²) in [4.78, 5) is 0. The molecule has 2 N–H and O–H groups in total. The Bertz CT molecular complexity index is 203. The maximum atomic E-state index is 5.72. The standard InChI is InChI=1S/C9H17BO2S.CH5N/c1-8(2)9(3,4)12-10(11-8)6-5-7-13;1-2/h5-6,13H,7H2,1-4H3;2H2,1H3/b6-5+;. The second-order valence-electron chi connectivity index (χ2n) is 4.24. The minimum atomic E-state index is -0.237. The van der Waals surface area contributed by atoms with Crippen LogP contribution in [-0.2, 0) is 9.31 Å². The number of hydrogen-bond donors (Lipinski definition) is 2. The van der Waals surface area contributed by atoms with Crippen LogP contribution in [0.25, 0.3) is 0 Å². The Labute approximate surface area is 98.9 Å². The van der Waals surface area contributed by atoms with Gasteiger partial charge >= 0.3 is 7.12 Å². The predicted molar refractivity (Wildman–Crippen MR) is 69.2 cm³/mol. The normalized spacial score (nSPS) is 22.7. The van der Waals surface area contributed by atoms with Crippen molar-refractivity contribution in [3.8, 4) is 0 Å². The van der Waals surface area contributed by atoms with Gasteiger partial charge in [0.25, 0.3) is 0 Å². The van der Waals surface area contributed by atoms with Crippen molar-refractivity contribution in [3.05, 3.63) is 12.1 Å². The van der Waals surface area contributed by atoms with E-state index in [-0.39, 0.29) is 18.3 Å². The van der Waals surface area contributed by atoms with Crippen LogP contribution in [0.2, 0.25) is 0 Å². The van der Waals surface area contributed by atoms with Gasteiger partial charge in [0.15, 0.2) is 0 Å². The van der Waals surface area contributed by atoms with E-state index in [1.807, 2.05) is 39.7 Å². The van der Waals surface area contributed by atoms with Crippen molar-refractivity contribution in [2.45, 2.75) is 38.9 Å². The highest BCUT2D eigenvalue weighted by Crippen LogP contribution is 2.36. The van der Waals surface area contributed by atoms with E-state index in [9.17, 15) is 0 Å². The minimum absolute atomic E-state index is 0.225. The molecule has 0 atom stereocenters. The van der Waals surface area contributed by atoms with Gasteiger partial charge in [-0.3, -0.25) is 0 Å². The molecule has 0 aliphatic carbocycles. The molecular formula is C10H22BNO2S. The molecule has 88 valence electrons. The van der Waals surface area contributed by atoms with Gasteiger partial charge in [-0.1, -0.05) is 12.1 Å². The summed E-state index contributed by atoms with van der Waals surface area (Å²) in [6.07, 6.45) is 1.94. The third-order valence-corrected chi connectivity index (χ3v) is 2.88. The maximum Gasteiger partial charge on any atom is 0.486 e. The fourth-order valence-electron chi connectivity index (χ4n) is 1.14. The fourth-order valence-corrected chi connectivity index (χ4v) is 1.26. The molecule has 0 aromatic heterocycles. The first-order chi connectivity index (χ1) is 6.89. The molecule has 1 aliphatic heterocycles. The second-order valence-corrected chi connectivity index (χ2v) is 4.60. The van der Waals surface area contributed by atoms with Gasteiger partial charge in [0, 0.05) is 5.75 Å². The van der Waals surface area contributed by atoms with Crippen LogP contribution >= 0.6 is 12.6 Å². The van der Waals surface area contributed by atoms with Gasteiger partial charge in [-0.25, -0.2) is 0 Å². The molecule has 0 aromatic carbocycles. The van der Waals surface area contributed by atoms with Crippen molar-refractivity contribution < 1.29 is 9.31 Å².